The second kappa shape index (κ2) is 2.74. The van der Waals surface area contributed by atoms with Crippen LogP contribution in [0.2, 0.25) is 0 Å². The van der Waals surface area contributed by atoms with Crippen LogP contribution in [0.5, 0.6) is 0 Å². The molecule has 0 aromatic carbocycles. The van der Waals surface area contributed by atoms with Gasteiger partial charge in [-0.15, -0.1) is 11.3 Å². The quantitative estimate of drug-likeness (QED) is 0.790. The Morgan fingerprint density at radius 1 is 1.27 bits per heavy atom. The van der Waals surface area contributed by atoms with E-state index in [9.17, 15) is 0 Å². The van der Waals surface area contributed by atoms with Crippen molar-refractivity contribution in [2.75, 3.05) is 12.3 Å². The Bertz CT molecular complexity index is 410. The average molecular weight is 221 g/mol. The molecule has 2 unspecified atom stereocenters. The summed E-state index contributed by atoms with van der Waals surface area (Å²) in [7, 11) is 0. The van der Waals surface area contributed by atoms with Gasteiger partial charge in [-0.3, -0.25) is 4.90 Å². The second-order valence-corrected chi connectivity index (χ2v) is 6.08. The molecule has 1 saturated carbocycles. The van der Waals surface area contributed by atoms with Gasteiger partial charge >= 0.3 is 0 Å². The Kier molecular flexibility index (Phi) is 1.56. The fourth-order valence-corrected chi connectivity index (χ4v) is 4.28. The monoisotopic (exact) mass is 221 g/mol. The van der Waals surface area contributed by atoms with Crippen molar-refractivity contribution in [1.82, 2.24) is 9.88 Å². The van der Waals surface area contributed by atoms with E-state index in [-0.39, 0.29) is 0 Å². The zero-order valence-corrected chi connectivity index (χ0v) is 9.46. The van der Waals surface area contributed by atoms with Crippen LogP contribution in [0, 0.1) is 0 Å². The molecule has 2 fully saturated rings. The van der Waals surface area contributed by atoms with Gasteiger partial charge in [0.15, 0.2) is 5.13 Å². The number of hydrogen-bond acceptors (Lipinski definition) is 4. The molecule has 2 N–H and O–H groups in total. The number of anilines is 1. The van der Waals surface area contributed by atoms with Gasteiger partial charge in [-0.05, 0) is 25.7 Å². The first-order chi connectivity index (χ1) is 7.33. The van der Waals surface area contributed by atoms with E-state index in [2.05, 4.69) is 9.88 Å². The number of rotatable bonds is 1. The number of piperidine rings is 1. The Hall–Kier alpha value is -0.610. The van der Waals surface area contributed by atoms with Crippen LogP contribution in [0.4, 0.5) is 5.13 Å². The first-order valence-corrected chi connectivity index (χ1v) is 6.66. The van der Waals surface area contributed by atoms with Gasteiger partial charge in [0.1, 0.15) is 0 Å². The van der Waals surface area contributed by atoms with Crippen molar-refractivity contribution >= 4 is 16.5 Å². The molecule has 3 heterocycles. The van der Waals surface area contributed by atoms with Crippen LogP contribution in [-0.2, 0) is 0 Å². The van der Waals surface area contributed by atoms with E-state index >= 15 is 0 Å². The summed E-state index contributed by atoms with van der Waals surface area (Å²) >= 11 is 1.73. The summed E-state index contributed by atoms with van der Waals surface area (Å²) in [5.74, 6) is 0.680. The second-order valence-electron chi connectivity index (χ2n) is 5.02. The van der Waals surface area contributed by atoms with E-state index in [1.807, 2.05) is 0 Å². The number of aromatic nitrogens is 1. The molecule has 0 amide bonds. The number of thiazole rings is 1. The minimum Gasteiger partial charge on any atom is -0.375 e. The molecule has 0 radical (unpaired) electrons. The van der Waals surface area contributed by atoms with Crippen LogP contribution in [0.25, 0.3) is 0 Å². The molecule has 2 aliphatic carbocycles. The summed E-state index contributed by atoms with van der Waals surface area (Å²) < 4.78 is 0. The minimum atomic E-state index is 0.660. The molecule has 2 aliphatic heterocycles. The largest absolute Gasteiger partial charge is 0.375 e. The van der Waals surface area contributed by atoms with Crippen molar-refractivity contribution in [2.24, 2.45) is 0 Å². The summed E-state index contributed by atoms with van der Waals surface area (Å²) in [5.41, 5.74) is 7.18. The van der Waals surface area contributed by atoms with Gasteiger partial charge in [0.05, 0.1) is 5.69 Å². The topological polar surface area (TPSA) is 42.1 Å². The fourth-order valence-electron chi connectivity index (χ4n) is 3.21. The lowest BCUT2D eigenvalue weighted by Crippen LogP contribution is -2.43. The first kappa shape index (κ1) is 8.53. The van der Waals surface area contributed by atoms with Crippen LogP contribution in [-0.4, -0.2) is 22.5 Å². The number of fused-ring (bicyclic) bond motifs is 2. The maximum atomic E-state index is 5.84. The highest BCUT2D eigenvalue weighted by molar-refractivity contribution is 7.15. The van der Waals surface area contributed by atoms with Crippen molar-refractivity contribution in [3.05, 3.63) is 10.6 Å². The number of nitrogens with zero attached hydrogens (tertiary/aromatic N) is 2. The van der Waals surface area contributed by atoms with Crippen LogP contribution in [0.3, 0.4) is 0 Å². The van der Waals surface area contributed by atoms with Crippen molar-refractivity contribution in [1.29, 1.82) is 0 Å². The average Bonchev–Trinajstić information content (AvgIpc) is 3.00. The first-order valence-electron chi connectivity index (χ1n) is 5.85. The highest BCUT2D eigenvalue weighted by Crippen LogP contribution is 2.52. The molecular formula is C11H15N3S. The minimum absolute atomic E-state index is 0.660. The Morgan fingerprint density at radius 2 is 2.13 bits per heavy atom. The molecule has 3 nitrogen and oxygen atoms in total. The number of nitrogens with two attached hydrogens (primary N) is 1. The summed E-state index contributed by atoms with van der Waals surface area (Å²) in [5, 5.41) is 0.773. The maximum Gasteiger partial charge on any atom is 0.180 e. The molecule has 4 aliphatic rings. The molecular weight excluding hydrogens is 206 g/mol. The van der Waals surface area contributed by atoms with Crippen LogP contribution < -0.4 is 5.73 Å². The molecule has 1 saturated heterocycles. The van der Waals surface area contributed by atoms with E-state index in [1.54, 1.807) is 11.3 Å². The Morgan fingerprint density at radius 3 is 2.93 bits per heavy atom. The zero-order chi connectivity index (χ0) is 9.99. The van der Waals surface area contributed by atoms with Gasteiger partial charge in [-0.2, -0.15) is 0 Å². The highest BCUT2D eigenvalue weighted by Gasteiger charge is 2.45. The zero-order valence-electron chi connectivity index (χ0n) is 8.65. The fraction of sp³-hybridized carbons (Fsp3) is 0.727. The predicted molar refractivity (Wildman–Crippen MR) is 61.0 cm³/mol. The number of nitrogen functional groups attached to an aromatic ring is 1. The van der Waals surface area contributed by atoms with Crippen molar-refractivity contribution in [3.8, 4) is 0 Å². The highest BCUT2D eigenvalue weighted by atomic mass is 32.1. The summed E-state index contributed by atoms with van der Waals surface area (Å²) in [6, 6.07) is 1.54. The summed E-state index contributed by atoms with van der Waals surface area (Å²) in [6.07, 6.45) is 5.47. The van der Waals surface area contributed by atoms with Gasteiger partial charge in [-0.1, -0.05) is 0 Å². The molecule has 2 bridgehead atoms. The van der Waals surface area contributed by atoms with E-state index in [4.69, 9.17) is 5.73 Å². The van der Waals surface area contributed by atoms with E-state index in [0.29, 0.717) is 12.0 Å². The SMILES string of the molecule is Nc1nc2c(s1)C1CCC2CN1C1CC1. The van der Waals surface area contributed by atoms with E-state index < -0.39 is 0 Å². The van der Waals surface area contributed by atoms with Gasteiger partial charge in [-0.25, -0.2) is 4.98 Å². The van der Waals surface area contributed by atoms with Crippen LogP contribution in [0.1, 0.15) is 48.2 Å². The third-order valence-corrected chi connectivity index (χ3v) is 5.02. The Balaban J connectivity index is 1.80. The smallest absolute Gasteiger partial charge is 0.180 e. The van der Waals surface area contributed by atoms with Gasteiger partial charge in [0, 0.05) is 29.4 Å². The summed E-state index contributed by atoms with van der Waals surface area (Å²) in [4.78, 5) is 8.72. The van der Waals surface area contributed by atoms with Crippen molar-refractivity contribution in [2.45, 2.75) is 43.7 Å². The lowest BCUT2D eigenvalue weighted by molar-refractivity contribution is 0.106. The Labute approximate surface area is 93.3 Å². The predicted octanol–water partition coefficient (Wildman–Crippen LogP) is 2.12. The number of hydrogen-bond donors (Lipinski definition) is 1. The summed E-state index contributed by atoms with van der Waals surface area (Å²) in [6.45, 7) is 1.24. The maximum absolute atomic E-state index is 5.84. The molecule has 15 heavy (non-hydrogen) atoms. The van der Waals surface area contributed by atoms with E-state index in [1.165, 1.54) is 42.8 Å². The lowest BCUT2D eigenvalue weighted by atomic mass is 9.82. The van der Waals surface area contributed by atoms with Crippen LogP contribution in [0.15, 0.2) is 0 Å². The van der Waals surface area contributed by atoms with Gasteiger partial charge < -0.3 is 5.73 Å². The van der Waals surface area contributed by atoms with Crippen LogP contribution >= 0.6 is 11.3 Å². The molecule has 80 valence electrons. The van der Waals surface area contributed by atoms with E-state index in [0.717, 1.165) is 11.2 Å². The van der Waals surface area contributed by atoms with Crippen molar-refractivity contribution in [3.63, 3.8) is 0 Å². The normalized spacial score (nSPS) is 34.4. The molecule has 0 spiro atoms. The molecule has 4 heteroatoms. The lowest BCUT2D eigenvalue weighted by Gasteiger charge is -2.44. The van der Waals surface area contributed by atoms with Crippen molar-refractivity contribution < 1.29 is 0 Å². The van der Waals surface area contributed by atoms with Gasteiger partial charge in [0.2, 0.25) is 0 Å². The molecule has 1 aromatic heterocycles. The third kappa shape index (κ3) is 1.12. The molecule has 1 aromatic rings. The van der Waals surface area contributed by atoms with Gasteiger partial charge in [0.25, 0.3) is 0 Å². The third-order valence-electron chi connectivity index (χ3n) is 4.02. The standard InChI is InChI=1S/C11H15N3S/c12-11-13-9-6-1-4-8(10(9)15-11)14(5-6)7-2-3-7/h6-8H,1-5H2,(H2,12,13). The molecule has 5 rings (SSSR count). The molecule has 2 atom stereocenters.